The molecule has 1 aromatic carbocycles. The second-order valence-electron chi connectivity index (χ2n) is 7.68. The van der Waals surface area contributed by atoms with Crippen molar-refractivity contribution in [3.63, 3.8) is 0 Å². The summed E-state index contributed by atoms with van der Waals surface area (Å²) in [5.74, 6) is 1.64. The number of H-pyrrole nitrogens is 1. The molecule has 4 rings (SSSR count). The van der Waals surface area contributed by atoms with Gasteiger partial charge in [0.1, 0.15) is 11.6 Å². The van der Waals surface area contributed by atoms with Gasteiger partial charge >= 0.3 is 0 Å². The molecule has 0 amide bonds. The summed E-state index contributed by atoms with van der Waals surface area (Å²) >= 11 is 6.86. The van der Waals surface area contributed by atoms with Gasteiger partial charge in [-0.15, -0.1) is 23.1 Å². The number of halogens is 1. The monoisotopic (exact) mass is 558 g/mol. The normalized spacial score (nSPS) is 11.1. The second kappa shape index (κ2) is 12.4. The minimum atomic E-state index is 0.0548. The molecule has 3 aromatic heterocycles. The fourth-order valence-corrected chi connectivity index (χ4v) is 5.59. The lowest BCUT2D eigenvalue weighted by Crippen LogP contribution is -2.19. The number of aromatic nitrogens is 2. The summed E-state index contributed by atoms with van der Waals surface area (Å²) in [6, 6.07) is 13.8. The fourth-order valence-electron chi connectivity index (χ4n) is 3.57. The number of anilines is 1. The van der Waals surface area contributed by atoms with Gasteiger partial charge in [0.15, 0.2) is 0 Å². The number of hydrogen-bond acceptors (Lipinski definition) is 7. The molecule has 178 valence electrons. The summed E-state index contributed by atoms with van der Waals surface area (Å²) in [6.45, 7) is 2.88. The van der Waals surface area contributed by atoms with Crippen molar-refractivity contribution in [1.29, 1.82) is 0 Å². The molecule has 0 bridgehead atoms. The van der Waals surface area contributed by atoms with Crippen molar-refractivity contribution in [1.82, 2.24) is 15.3 Å². The number of thioether (sulfide) groups is 1. The second-order valence-corrected chi connectivity index (χ2v) is 10.3. The lowest BCUT2D eigenvalue weighted by atomic mass is 10.2. The zero-order valence-electron chi connectivity index (χ0n) is 18.9. The summed E-state index contributed by atoms with van der Waals surface area (Å²) in [7, 11) is 0. The third kappa shape index (κ3) is 6.63. The molecule has 0 saturated carbocycles. The van der Waals surface area contributed by atoms with Gasteiger partial charge in [0.05, 0.1) is 21.3 Å². The summed E-state index contributed by atoms with van der Waals surface area (Å²) in [5.41, 5.74) is 3.08. The Kier molecular flexibility index (Phi) is 9.04. The molecule has 0 spiro atoms. The Bertz CT molecular complexity index is 1280. The molecular formula is C25H27BrN4O2S2. The van der Waals surface area contributed by atoms with Gasteiger partial charge in [-0.2, -0.15) is 0 Å². The van der Waals surface area contributed by atoms with Crippen LogP contribution in [0.25, 0.3) is 10.2 Å². The maximum absolute atomic E-state index is 12.1. The van der Waals surface area contributed by atoms with Gasteiger partial charge in [0.25, 0.3) is 0 Å². The number of aromatic amines is 1. The lowest BCUT2D eigenvalue weighted by Gasteiger charge is -2.16. The van der Waals surface area contributed by atoms with Crippen LogP contribution in [0.5, 0.6) is 5.75 Å². The Balaban J connectivity index is 1.27. The van der Waals surface area contributed by atoms with Gasteiger partial charge in [-0.3, -0.25) is 9.78 Å². The molecule has 0 aliphatic rings. The van der Waals surface area contributed by atoms with Crippen molar-refractivity contribution in [2.24, 2.45) is 0 Å². The van der Waals surface area contributed by atoms with Gasteiger partial charge in [-0.05, 0) is 70.9 Å². The van der Waals surface area contributed by atoms with Crippen molar-refractivity contribution in [2.45, 2.75) is 24.3 Å². The number of nitrogens with one attached hydrogen (secondary N) is 3. The van der Waals surface area contributed by atoms with Crippen molar-refractivity contribution in [3.05, 3.63) is 80.0 Å². The van der Waals surface area contributed by atoms with E-state index >= 15 is 0 Å². The number of fused-ring (bicyclic) bond motifs is 1. The number of pyridine rings is 2. The summed E-state index contributed by atoms with van der Waals surface area (Å²) in [6.07, 6.45) is 5.56. The average Bonchev–Trinajstić information content (AvgIpc) is 3.32. The Morgan fingerprint density at radius 3 is 2.94 bits per heavy atom. The Morgan fingerprint density at radius 2 is 2.12 bits per heavy atom. The molecule has 0 radical (unpaired) electrons. The van der Waals surface area contributed by atoms with Crippen molar-refractivity contribution < 1.29 is 4.74 Å². The van der Waals surface area contributed by atoms with E-state index in [1.54, 1.807) is 24.0 Å². The van der Waals surface area contributed by atoms with E-state index < -0.39 is 0 Å². The first-order chi connectivity index (χ1) is 16.6. The predicted octanol–water partition coefficient (Wildman–Crippen LogP) is 5.68. The Labute approximate surface area is 215 Å². The minimum absolute atomic E-state index is 0.0548. The third-order valence-electron chi connectivity index (χ3n) is 5.26. The maximum Gasteiger partial charge on any atom is 0.201 e. The van der Waals surface area contributed by atoms with Crippen molar-refractivity contribution in [2.75, 3.05) is 31.3 Å². The van der Waals surface area contributed by atoms with E-state index in [-0.39, 0.29) is 5.43 Å². The molecule has 34 heavy (non-hydrogen) atoms. The van der Waals surface area contributed by atoms with Crippen molar-refractivity contribution in [3.8, 4) is 5.75 Å². The molecule has 0 fully saturated rings. The number of thiophene rings is 1. The predicted molar refractivity (Wildman–Crippen MR) is 147 cm³/mol. The van der Waals surface area contributed by atoms with Crippen LogP contribution in [0.3, 0.4) is 0 Å². The van der Waals surface area contributed by atoms with Crippen LogP contribution >= 0.6 is 39.0 Å². The van der Waals surface area contributed by atoms with E-state index in [0.29, 0.717) is 13.2 Å². The first-order valence-electron chi connectivity index (χ1n) is 11.1. The molecule has 0 atom stereocenters. The average molecular weight is 560 g/mol. The minimum Gasteiger partial charge on any atom is -0.492 e. The highest BCUT2D eigenvalue weighted by molar-refractivity contribution is 9.10. The molecule has 0 aliphatic heterocycles. The topological polar surface area (TPSA) is 79.0 Å². The van der Waals surface area contributed by atoms with E-state index in [2.05, 4.69) is 54.9 Å². The summed E-state index contributed by atoms with van der Waals surface area (Å²) < 4.78 is 7.90. The molecule has 9 heteroatoms. The van der Waals surface area contributed by atoms with E-state index in [4.69, 9.17) is 4.74 Å². The molecule has 0 unspecified atom stereocenters. The molecule has 6 nitrogen and oxygen atoms in total. The molecular weight excluding hydrogens is 532 g/mol. The summed E-state index contributed by atoms with van der Waals surface area (Å²) in [5, 5.41) is 8.76. The van der Waals surface area contributed by atoms with Crippen molar-refractivity contribution >= 4 is 55.1 Å². The first-order valence-corrected chi connectivity index (χ1v) is 14.0. The van der Waals surface area contributed by atoms with E-state index in [1.165, 1.54) is 16.2 Å². The number of benzene rings is 1. The third-order valence-corrected chi connectivity index (χ3v) is 7.48. The van der Waals surface area contributed by atoms with Crippen LogP contribution in [-0.4, -0.2) is 35.9 Å². The highest BCUT2D eigenvalue weighted by Crippen LogP contribution is 2.34. The van der Waals surface area contributed by atoms with Crippen LogP contribution in [0.15, 0.2) is 68.2 Å². The highest BCUT2D eigenvalue weighted by atomic mass is 79.9. The molecule has 3 N–H and O–H groups in total. The largest absolute Gasteiger partial charge is 0.492 e. The molecule has 4 aromatic rings. The van der Waals surface area contributed by atoms with Crippen LogP contribution in [0.4, 0.5) is 5.82 Å². The smallest absolute Gasteiger partial charge is 0.201 e. The van der Waals surface area contributed by atoms with E-state index in [0.717, 1.165) is 63.4 Å². The standard InChI is InChI=1S/C25H27BrN4O2S2/c1-33-19-13-17(24(20(26)14-19)32-11-6-18-5-2-3-9-28-18)16-27-8-4-10-29-23-15-22(31)25-21(30-23)7-12-34-25/h2-3,5,7,9,12-15,27H,4,6,8,10-11,16H2,1H3,(H2,29,30,31). The van der Waals surface area contributed by atoms with Crippen LogP contribution in [0.1, 0.15) is 17.7 Å². The van der Waals surface area contributed by atoms with Crippen LogP contribution < -0.4 is 20.8 Å². The first kappa shape index (κ1) is 24.8. The number of hydrogen-bond donors (Lipinski definition) is 3. The Hall–Kier alpha value is -2.33. The molecule has 3 heterocycles. The molecule has 0 aliphatic carbocycles. The fraction of sp³-hybridized carbons (Fsp3) is 0.280. The number of rotatable bonds is 12. The number of ether oxygens (including phenoxy) is 1. The maximum atomic E-state index is 12.1. The zero-order chi connectivity index (χ0) is 23.8. The van der Waals surface area contributed by atoms with Gasteiger partial charge in [0, 0.05) is 47.9 Å². The SMILES string of the molecule is CSc1cc(Br)c(OCCc2ccccn2)c(CNCCCNc2cc(=O)c3sccc3[nH]2)c1. The quantitative estimate of drug-likeness (QED) is 0.153. The van der Waals surface area contributed by atoms with Crippen LogP contribution in [-0.2, 0) is 13.0 Å². The van der Waals surface area contributed by atoms with Gasteiger partial charge in [0.2, 0.25) is 5.43 Å². The van der Waals surface area contributed by atoms with Crippen LogP contribution in [0.2, 0.25) is 0 Å². The number of nitrogens with zero attached hydrogens (tertiary/aromatic N) is 1. The summed E-state index contributed by atoms with van der Waals surface area (Å²) in [4.78, 5) is 21.0. The lowest BCUT2D eigenvalue weighted by molar-refractivity contribution is 0.314. The van der Waals surface area contributed by atoms with Crippen LogP contribution in [0, 0.1) is 0 Å². The zero-order valence-corrected chi connectivity index (χ0v) is 22.1. The van der Waals surface area contributed by atoms with Gasteiger partial charge < -0.3 is 20.4 Å². The van der Waals surface area contributed by atoms with E-state index in [9.17, 15) is 4.79 Å². The Morgan fingerprint density at radius 1 is 1.21 bits per heavy atom. The highest BCUT2D eigenvalue weighted by Gasteiger charge is 2.11. The van der Waals surface area contributed by atoms with Gasteiger partial charge in [-0.25, -0.2) is 0 Å². The van der Waals surface area contributed by atoms with E-state index in [1.807, 2.05) is 29.6 Å². The molecule has 0 saturated heterocycles. The van der Waals surface area contributed by atoms with Gasteiger partial charge in [-0.1, -0.05) is 6.07 Å².